The molecular weight excluding hydrogens is 336 g/mol. The zero-order valence-electron chi connectivity index (χ0n) is 15.2. The Morgan fingerprint density at radius 2 is 1.92 bits per heavy atom. The first-order valence-electron chi connectivity index (χ1n) is 8.64. The van der Waals surface area contributed by atoms with Crippen LogP contribution < -0.4 is 5.73 Å². The first-order valence-corrected chi connectivity index (χ1v) is 9.02. The average molecular weight is 361 g/mol. The van der Waals surface area contributed by atoms with Gasteiger partial charge in [0.2, 0.25) is 5.91 Å². The van der Waals surface area contributed by atoms with Crippen molar-refractivity contribution in [2.75, 3.05) is 13.1 Å². The molecule has 1 aliphatic heterocycles. The molecule has 0 fully saturated rings. The first kappa shape index (κ1) is 18.0. The van der Waals surface area contributed by atoms with Gasteiger partial charge in [0.05, 0.1) is 17.8 Å². The largest absolute Gasteiger partial charge is 0.327 e. The Morgan fingerprint density at radius 3 is 2.48 bits per heavy atom. The molecule has 134 valence electrons. The molecule has 5 nitrogen and oxygen atoms in total. The molecule has 2 N–H and O–H groups in total. The number of amides is 1. The van der Waals surface area contributed by atoms with E-state index in [1.807, 2.05) is 43.0 Å². The maximum atomic E-state index is 12.3. The minimum atomic E-state index is -0.497. The molecule has 0 saturated heterocycles. The van der Waals surface area contributed by atoms with E-state index in [-0.39, 0.29) is 12.5 Å². The van der Waals surface area contributed by atoms with E-state index in [0.29, 0.717) is 17.5 Å². The van der Waals surface area contributed by atoms with E-state index in [4.69, 9.17) is 22.3 Å². The summed E-state index contributed by atoms with van der Waals surface area (Å²) in [5, 5.41) is 0.707. The molecule has 0 unspecified atom stereocenters. The molecule has 0 bridgehead atoms. The molecule has 0 saturated carbocycles. The van der Waals surface area contributed by atoms with Crippen LogP contribution in [0.15, 0.2) is 24.3 Å². The van der Waals surface area contributed by atoms with Crippen LogP contribution in [-0.4, -0.2) is 33.4 Å². The molecule has 2 heterocycles. The van der Waals surface area contributed by atoms with Gasteiger partial charge in [0.1, 0.15) is 5.82 Å². The van der Waals surface area contributed by atoms with Crippen LogP contribution in [0.5, 0.6) is 0 Å². The smallest absolute Gasteiger partial charge is 0.237 e. The van der Waals surface area contributed by atoms with Crippen LogP contribution in [0.4, 0.5) is 0 Å². The third-order valence-electron chi connectivity index (χ3n) is 4.92. The van der Waals surface area contributed by atoms with Crippen molar-refractivity contribution < 1.29 is 4.79 Å². The predicted octanol–water partition coefficient (Wildman–Crippen LogP) is 3.36. The van der Waals surface area contributed by atoms with Crippen molar-refractivity contribution in [2.45, 2.75) is 45.7 Å². The summed E-state index contributed by atoms with van der Waals surface area (Å²) in [6, 6.07) is 7.76. The highest BCUT2D eigenvalue weighted by Gasteiger charge is 2.41. The van der Waals surface area contributed by atoms with Gasteiger partial charge in [0.15, 0.2) is 0 Å². The summed E-state index contributed by atoms with van der Waals surface area (Å²) in [5.41, 5.74) is 8.32. The Morgan fingerprint density at radius 1 is 1.28 bits per heavy atom. The lowest BCUT2D eigenvalue weighted by molar-refractivity contribution is -0.137. The molecule has 0 atom stereocenters. The highest BCUT2D eigenvalue weighted by molar-refractivity contribution is 6.30. The highest BCUT2D eigenvalue weighted by atomic mass is 35.5. The lowest BCUT2D eigenvalue weighted by Crippen LogP contribution is -2.53. The van der Waals surface area contributed by atoms with E-state index in [2.05, 4.69) is 18.4 Å². The highest BCUT2D eigenvalue weighted by Crippen LogP contribution is 2.38. The van der Waals surface area contributed by atoms with E-state index in [0.717, 1.165) is 23.6 Å². The molecule has 0 spiro atoms. The van der Waals surface area contributed by atoms with Crippen molar-refractivity contribution in [3.8, 4) is 11.3 Å². The molecule has 3 rings (SSSR count). The van der Waals surface area contributed by atoms with E-state index in [9.17, 15) is 4.79 Å². The van der Waals surface area contributed by atoms with Crippen molar-refractivity contribution in [3.63, 3.8) is 0 Å². The molecule has 2 aromatic rings. The van der Waals surface area contributed by atoms with Gasteiger partial charge in [0.25, 0.3) is 0 Å². The Bertz CT molecular complexity index is 793. The predicted molar refractivity (Wildman–Crippen MR) is 101 cm³/mol. The zero-order chi connectivity index (χ0) is 18.4. The number of benzene rings is 1. The summed E-state index contributed by atoms with van der Waals surface area (Å²) in [6.45, 7) is 9.82. The first-order chi connectivity index (χ1) is 11.8. The van der Waals surface area contributed by atoms with Crippen LogP contribution in [0, 0.1) is 0 Å². The van der Waals surface area contributed by atoms with Crippen LogP contribution >= 0.6 is 11.6 Å². The Labute approximate surface area is 153 Å². The van der Waals surface area contributed by atoms with Crippen molar-refractivity contribution >= 4 is 17.5 Å². The number of nitrogens with two attached hydrogens (primary N) is 1. The Kier molecular flexibility index (Phi) is 4.64. The topological polar surface area (TPSA) is 64.2 Å². The van der Waals surface area contributed by atoms with E-state index in [1.54, 1.807) is 0 Å². The summed E-state index contributed by atoms with van der Waals surface area (Å²) >= 11 is 6.04. The monoisotopic (exact) mass is 360 g/mol. The van der Waals surface area contributed by atoms with E-state index >= 15 is 0 Å². The number of halogens is 1. The number of nitrogens with zero attached hydrogens (tertiary/aromatic N) is 3. The summed E-state index contributed by atoms with van der Waals surface area (Å²) in [5.74, 6) is 1.19. The van der Waals surface area contributed by atoms with E-state index in [1.165, 1.54) is 5.69 Å². The summed E-state index contributed by atoms with van der Waals surface area (Å²) in [4.78, 5) is 19.1. The minimum absolute atomic E-state index is 0.0191. The third kappa shape index (κ3) is 2.96. The van der Waals surface area contributed by atoms with Gasteiger partial charge in [-0.05, 0) is 31.9 Å². The Balaban J connectivity index is 2.17. The number of hydrogen-bond acceptors (Lipinski definition) is 3. The number of carbonyl (C=O) groups is 1. The van der Waals surface area contributed by atoms with Crippen LogP contribution in [0.25, 0.3) is 11.3 Å². The van der Waals surface area contributed by atoms with Gasteiger partial charge >= 0.3 is 0 Å². The number of rotatable bonds is 3. The normalized spacial score (nSPS) is 16.2. The second-order valence-corrected chi connectivity index (χ2v) is 7.73. The van der Waals surface area contributed by atoms with Crippen molar-refractivity contribution in [1.29, 1.82) is 0 Å². The SMILES string of the molecule is CC(C)c1c(-c2ccc(Cl)cc2)nc2n1CCN(C(=O)CN)C2(C)C. The molecule has 1 aliphatic rings. The molecule has 1 amide bonds. The average Bonchev–Trinajstić information content (AvgIpc) is 2.96. The fourth-order valence-corrected chi connectivity index (χ4v) is 3.84. The number of fused-ring (bicyclic) bond motifs is 1. The van der Waals surface area contributed by atoms with Crippen molar-refractivity contribution in [2.24, 2.45) is 5.73 Å². The lowest BCUT2D eigenvalue weighted by atomic mass is 9.98. The fraction of sp³-hybridized carbons (Fsp3) is 0.474. The minimum Gasteiger partial charge on any atom is -0.327 e. The molecule has 0 radical (unpaired) electrons. The number of hydrogen-bond donors (Lipinski definition) is 1. The van der Waals surface area contributed by atoms with Crippen LogP contribution in [0.2, 0.25) is 5.02 Å². The van der Waals surface area contributed by atoms with Crippen LogP contribution in [0.1, 0.15) is 45.1 Å². The lowest BCUT2D eigenvalue weighted by Gasteiger charge is -2.42. The molecule has 6 heteroatoms. The summed E-state index contributed by atoms with van der Waals surface area (Å²) in [7, 11) is 0. The van der Waals surface area contributed by atoms with E-state index < -0.39 is 5.54 Å². The van der Waals surface area contributed by atoms with Gasteiger partial charge in [-0.3, -0.25) is 4.79 Å². The second kappa shape index (κ2) is 6.46. The van der Waals surface area contributed by atoms with Gasteiger partial charge in [-0.25, -0.2) is 4.98 Å². The van der Waals surface area contributed by atoms with Crippen LogP contribution in [-0.2, 0) is 16.9 Å². The quantitative estimate of drug-likeness (QED) is 0.912. The second-order valence-electron chi connectivity index (χ2n) is 7.29. The molecule has 0 aliphatic carbocycles. The van der Waals surface area contributed by atoms with Gasteiger partial charge in [0, 0.05) is 29.4 Å². The van der Waals surface area contributed by atoms with Crippen molar-refractivity contribution in [1.82, 2.24) is 14.5 Å². The molecule has 1 aromatic carbocycles. The van der Waals surface area contributed by atoms with Crippen LogP contribution in [0.3, 0.4) is 0 Å². The van der Waals surface area contributed by atoms with Gasteiger partial charge in [-0.15, -0.1) is 0 Å². The molecule has 25 heavy (non-hydrogen) atoms. The molecular formula is C19H25ClN4O. The van der Waals surface area contributed by atoms with Crippen molar-refractivity contribution in [3.05, 3.63) is 40.8 Å². The summed E-state index contributed by atoms with van der Waals surface area (Å²) in [6.07, 6.45) is 0. The number of aromatic nitrogens is 2. The van der Waals surface area contributed by atoms with Gasteiger partial charge in [-0.2, -0.15) is 0 Å². The number of imidazole rings is 1. The summed E-state index contributed by atoms with van der Waals surface area (Å²) < 4.78 is 2.27. The zero-order valence-corrected chi connectivity index (χ0v) is 16.0. The maximum Gasteiger partial charge on any atom is 0.237 e. The fourth-order valence-electron chi connectivity index (χ4n) is 3.71. The number of carbonyl (C=O) groups excluding carboxylic acids is 1. The maximum absolute atomic E-state index is 12.3. The standard InChI is InChI=1S/C19H25ClN4O/c1-12(2)17-16(13-5-7-14(20)8-6-13)22-18-19(3,4)24(15(25)11-21)10-9-23(17)18/h5-8,12H,9-11,21H2,1-4H3. The van der Waals surface area contributed by atoms with Gasteiger partial charge in [-0.1, -0.05) is 37.6 Å². The Hall–Kier alpha value is -1.85. The van der Waals surface area contributed by atoms with Gasteiger partial charge < -0.3 is 15.2 Å². The third-order valence-corrected chi connectivity index (χ3v) is 5.17. The molecule has 1 aromatic heterocycles.